The van der Waals surface area contributed by atoms with Crippen LogP contribution in [0, 0.1) is 5.82 Å². The maximum atomic E-state index is 13.2. The monoisotopic (exact) mass is 351 g/mol. The van der Waals surface area contributed by atoms with E-state index in [-0.39, 0.29) is 12.4 Å². The molecule has 0 saturated carbocycles. The molecular formula is C15H14FN3O2S2. The third-order valence-electron chi connectivity index (χ3n) is 3.20. The molecule has 0 radical (unpaired) electrons. The van der Waals surface area contributed by atoms with Crippen molar-refractivity contribution in [3.63, 3.8) is 0 Å². The molecule has 0 amide bonds. The number of benzene rings is 1. The van der Waals surface area contributed by atoms with E-state index in [1.165, 1.54) is 23.5 Å². The zero-order valence-electron chi connectivity index (χ0n) is 12.0. The lowest BCUT2D eigenvalue weighted by molar-refractivity contribution is 0.585. The Morgan fingerprint density at radius 3 is 2.83 bits per heavy atom. The maximum absolute atomic E-state index is 13.2. The van der Waals surface area contributed by atoms with E-state index in [1.807, 2.05) is 0 Å². The Morgan fingerprint density at radius 2 is 2.04 bits per heavy atom. The summed E-state index contributed by atoms with van der Waals surface area (Å²) in [6, 6.07) is 9.41. The van der Waals surface area contributed by atoms with E-state index in [4.69, 9.17) is 0 Å². The van der Waals surface area contributed by atoms with Crippen molar-refractivity contribution in [2.24, 2.45) is 0 Å². The number of sulfonamides is 1. The van der Waals surface area contributed by atoms with Crippen molar-refractivity contribution in [1.82, 2.24) is 9.71 Å². The molecule has 8 heteroatoms. The minimum absolute atomic E-state index is 0.241. The first-order chi connectivity index (χ1) is 11.1. The Bertz CT molecular complexity index is 912. The molecule has 3 aromatic rings. The van der Waals surface area contributed by atoms with Crippen LogP contribution in [-0.4, -0.2) is 26.5 Å². The molecule has 1 aromatic carbocycles. The smallest absolute Gasteiger partial charge is 0.250 e. The van der Waals surface area contributed by atoms with Crippen molar-refractivity contribution in [2.45, 2.75) is 4.21 Å². The van der Waals surface area contributed by atoms with Gasteiger partial charge in [-0.25, -0.2) is 17.5 Å². The fraction of sp³-hybridized carbons (Fsp3) is 0.133. The average molecular weight is 351 g/mol. The number of hydrogen-bond donors (Lipinski definition) is 2. The van der Waals surface area contributed by atoms with Gasteiger partial charge in [0.15, 0.2) is 0 Å². The van der Waals surface area contributed by atoms with Crippen molar-refractivity contribution in [3.8, 4) is 0 Å². The highest BCUT2D eigenvalue weighted by atomic mass is 32.2. The number of rotatable bonds is 6. The number of pyridine rings is 1. The predicted octanol–water partition coefficient (Wildman–Crippen LogP) is 2.83. The van der Waals surface area contributed by atoms with Crippen molar-refractivity contribution in [3.05, 3.63) is 53.8 Å². The Balaban J connectivity index is 1.63. The summed E-state index contributed by atoms with van der Waals surface area (Å²) in [6.45, 7) is 0.645. The molecule has 2 heterocycles. The van der Waals surface area contributed by atoms with E-state index in [0.29, 0.717) is 16.3 Å². The minimum atomic E-state index is -3.45. The van der Waals surface area contributed by atoms with Crippen LogP contribution in [0.15, 0.2) is 52.2 Å². The Kier molecular flexibility index (Phi) is 4.56. The minimum Gasteiger partial charge on any atom is -0.383 e. The van der Waals surface area contributed by atoms with Crippen LogP contribution in [0.2, 0.25) is 0 Å². The fourth-order valence-corrected chi connectivity index (χ4v) is 4.21. The van der Waals surface area contributed by atoms with Gasteiger partial charge in [-0.3, -0.25) is 4.98 Å². The molecule has 0 bridgehead atoms. The first kappa shape index (κ1) is 15.9. The Morgan fingerprint density at radius 1 is 1.17 bits per heavy atom. The van der Waals surface area contributed by atoms with Gasteiger partial charge in [0.05, 0.1) is 5.52 Å². The zero-order valence-corrected chi connectivity index (χ0v) is 13.6. The summed E-state index contributed by atoms with van der Waals surface area (Å²) < 4.78 is 40.0. The summed E-state index contributed by atoms with van der Waals surface area (Å²) in [6.07, 6.45) is 1.58. The zero-order chi connectivity index (χ0) is 16.3. The molecule has 23 heavy (non-hydrogen) atoms. The van der Waals surface area contributed by atoms with Gasteiger partial charge in [-0.15, -0.1) is 11.3 Å². The standard InChI is InChI=1S/C15H14FN3O2S2/c16-11-3-4-12-13(5-6-17-14(12)10-11)18-7-8-19-23(20,21)15-2-1-9-22-15/h1-6,9-10,19H,7-8H2,(H,17,18). The number of fused-ring (bicyclic) bond motifs is 1. The second-order valence-corrected chi connectivity index (χ2v) is 7.72. The normalized spacial score (nSPS) is 11.7. The van der Waals surface area contributed by atoms with Crippen LogP contribution in [0.4, 0.5) is 10.1 Å². The summed E-state index contributed by atoms with van der Waals surface area (Å²) in [5.74, 6) is -0.342. The molecule has 3 rings (SSSR count). The van der Waals surface area contributed by atoms with Gasteiger partial charge in [0.25, 0.3) is 0 Å². The summed E-state index contributed by atoms with van der Waals surface area (Å²) in [4.78, 5) is 4.11. The lowest BCUT2D eigenvalue weighted by Gasteiger charge is -2.10. The summed E-state index contributed by atoms with van der Waals surface area (Å²) in [5.41, 5.74) is 1.33. The molecule has 0 unspecified atom stereocenters. The molecule has 0 saturated heterocycles. The molecule has 0 aliphatic rings. The van der Waals surface area contributed by atoms with Crippen LogP contribution in [0.1, 0.15) is 0 Å². The molecule has 5 nitrogen and oxygen atoms in total. The lowest BCUT2D eigenvalue weighted by atomic mass is 10.2. The van der Waals surface area contributed by atoms with E-state index in [0.717, 1.165) is 11.1 Å². The van der Waals surface area contributed by atoms with E-state index in [1.54, 1.807) is 35.8 Å². The molecule has 120 valence electrons. The molecule has 0 aliphatic carbocycles. The Hall–Kier alpha value is -2.03. The van der Waals surface area contributed by atoms with Crippen LogP contribution in [0.5, 0.6) is 0 Å². The van der Waals surface area contributed by atoms with Crippen LogP contribution in [-0.2, 0) is 10.0 Å². The van der Waals surface area contributed by atoms with Crippen LogP contribution in [0.3, 0.4) is 0 Å². The predicted molar refractivity (Wildman–Crippen MR) is 89.7 cm³/mol. The first-order valence-corrected chi connectivity index (χ1v) is 9.24. The maximum Gasteiger partial charge on any atom is 0.250 e. The van der Waals surface area contributed by atoms with Gasteiger partial charge in [-0.2, -0.15) is 0 Å². The molecule has 2 aromatic heterocycles. The SMILES string of the molecule is O=S(=O)(NCCNc1ccnc2cc(F)ccc12)c1cccs1. The first-order valence-electron chi connectivity index (χ1n) is 6.87. The third kappa shape index (κ3) is 3.66. The van der Waals surface area contributed by atoms with Crippen LogP contribution in [0.25, 0.3) is 10.9 Å². The number of nitrogens with one attached hydrogen (secondary N) is 2. The number of hydrogen-bond acceptors (Lipinski definition) is 5. The van der Waals surface area contributed by atoms with Crippen molar-refractivity contribution in [2.75, 3.05) is 18.4 Å². The average Bonchev–Trinajstić information content (AvgIpc) is 3.06. The number of aromatic nitrogens is 1. The van der Waals surface area contributed by atoms with Gasteiger partial charge in [0.1, 0.15) is 10.0 Å². The van der Waals surface area contributed by atoms with E-state index >= 15 is 0 Å². The van der Waals surface area contributed by atoms with Crippen LogP contribution < -0.4 is 10.0 Å². The van der Waals surface area contributed by atoms with Gasteiger partial charge in [-0.1, -0.05) is 6.07 Å². The molecule has 0 atom stereocenters. The van der Waals surface area contributed by atoms with Crippen molar-refractivity contribution < 1.29 is 12.8 Å². The highest BCUT2D eigenvalue weighted by molar-refractivity contribution is 7.91. The highest BCUT2D eigenvalue weighted by Gasteiger charge is 2.13. The summed E-state index contributed by atoms with van der Waals surface area (Å²) >= 11 is 1.17. The van der Waals surface area contributed by atoms with E-state index in [2.05, 4.69) is 15.0 Å². The van der Waals surface area contributed by atoms with Gasteiger partial charge in [0.2, 0.25) is 10.0 Å². The number of nitrogens with zero attached hydrogens (tertiary/aromatic N) is 1. The second-order valence-electron chi connectivity index (χ2n) is 4.78. The molecule has 2 N–H and O–H groups in total. The number of anilines is 1. The quantitative estimate of drug-likeness (QED) is 0.670. The van der Waals surface area contributed by atoms with E-state index in [9.17, 15) is 12.8 Å². The molecular weight excluding hydrogens is 337 g/mol. The fourth-order valence-electron chi connectivity index (χ4n) is 2.15. The largest absolute Gasteiger partial charge is 0.383 e. The number of halogens is 1. The van der Waals surface area contributed by atoms with Crippen LogP contribution >= 0.6 is 11.3 Å². The second kappa shape index (κ2) is 6.61. The summed E-state index contributed by atoms with van der Waals surface area (Å²) in [5, 5.41) is 5.64. The lowest BCUT2D eigenvalue weighted by Crippen LogP contribution is -2.28. The van der Waals surface area contributed by atoms with Gasteiger partial charge in [0, 0.05) is 36.4 Å². The topological polar surface area (TPSA) is 71.1 Å². The van der Waals surface area contributed by atoms with Crippen molar-refractivity contribution in [1.29, 1.82) is 0 Å². The molecule has 0 fully saturated rings. The summed E-state index contributed by atoms with van der Waals surface area (Å²) in [7, 11) is -3.45. The molecule has 0 spiro atoms. The van der Waals surface area contributed by atoms with Crippen molar-refractivity contribution >= 4 is 38.0 Å². The van der Waals surface area contributed by atoms with Gasteiger partial charge in [-0.05, 0) is 29.6 Å². The molecule has 0 aliphatic heterocycles. The number of thiophene rings is 1. The van der Waals surface area contributed by atoms with Gasteiger partial charge < -0.3 is 5.32 Å². The van der Waals surface area contributed by atoms with E-state index < -0.39 is 10.0 Å². The third-order valence-corrected chi connectivity index (χ3v) is 6.06. The van der Waals surface area contributed by atoms with Gasteiger partial charge >= 0.3 is 0 Å². The highest BCUT2D eigenvalue weighted by Crippen LogP contribution is 2.22. The Labute approximate surface area is 137 Å².